The number of allylic oxidation sites excluding steroid dienone is 1. The zero-order chi connectivity index (χ0) is 24.5. The summed E-state index contributed by atoms with van der Waals surface area (Å²) in [6.45, 7) is 2.91. The number of nitrogens with one attached hydrogen (secondary N) is 2. The first-order valence-electron chi connectivity index (χ1n) is 10.2. The molecule has 0 saturated heterocycles. The predicted molar refractivity (Wildman–Crippen MR) is 123 cm³/mol. The Morgan fingerprint density at radius 2 is 1.85 bits per heavy atom. The van der Waals surface area contributed by atoms with E-state index in [9.17, 15) is 18.0 Å². The average Bonchev–Trinajstić information content (AvgIpc) is 3.24. The van der Waals surface area contributed by atoms with Crippen molar-refractivity contribution >= 4 is 22.6 Å². The van der Waals surface area contributed by atoms with E-state index in [1.54, 1.807) is 6.20 Å². The van der Waals surface area contributed by atoms with Gasteiger partial charge in [-0.3, -0.25) is 9.78 Å². The molecule has 1 aliphatic rings. The molecule has 10 heteroatoms. The molecule has 0 atom stereocenters. The summed E-state index contributed by atoms with van der Waals surface area (Å²) < 4.78 is 32.5. The number of benzene rings is 1. The summed E-state index contributed by atoms with van der Waals surface area (Å²) in [6.07, 6.45) is -2.04. The summed E-state index contributed by atoms with van der Waals surface area (Å²) in [6, 6.07) is 15.7. The first-order valence-corrected chi connectivity index (χ1v) is 10.2. The van der Waals surface area contributed by atoms with E-state index in [1.165, 1.54) is 0 Å². The van der Waals surface area contributed by atoms with Crippen LogP contribution < -0.4 is 11.1 Å². The number of nitrogen functional groups attached to an aromatic ring is 1. The number of hydrogen-bond acceptors (Lipinski definition) is 5. The highest BCUT2D eigenvalue weighted by Crippen LogP contribution is 2.29. The molecule has 174 valence electrons. The van der Waals surface area contributed by atoms with Crippen LogP contribution in [0.3, 0.4) is 0 Å². The van der Waals surface area contributed by atoms with Crippen LogP contribution in [0.2, 0.25) is 0 Å². The zero-order valence-corrected chi connectivity index (χ0v) is 17.8. The molecule has 1 amide bonds. The van der Waals surface area contributed by atoms with E-state index in [-0.39, 0.29) is 5.91 Å². The normalized spacial score (nSPS) is 13.0. The first kappa shape index (κ1) is 22.8. The van der Waals surface area contributed by atoms with Gasteiger partial charge in [0.1, 0.15) is 5.82 Å². The summed E-state index contributed by atoms with van der Waals surface area (Å²) in [5.41, 5.74) is 12.1. The van der Waals surface area contributed by atoms with Crippen LogP contribution in [0.15, 0.2) is 67.1 Å². The standard InChI is InChI=1S/C21H17N5O.C3H3F3O/c22-20-9-13(19-10-15-17(25-19)5-6-23-21(15)27)8-18(26-20)14-7-12-3-1-2-4-16(12)24-11-14;1-2(7)3(4,5)6/h1-4,7-11,25H,5-6H2,(H2,22,26)(H,23,27);7H,1H2. The van der Waals surface area contributed by atoms with Crippen LogP contribution in [0.25, 0.3) is 33.4 Å². The number of carbonyl (C=O) groups excluding carboxylic acids is 1. The summed E-state index contributed by atoms with van der Waals surface area (Å²) >= 11 is 0. The Labute approximate surface area is 192 Å². The largest absolute Gasteiger partial charge is 0.505 e. The lowest BCUT2D eigenvalue weighted by molar-refractivity contribution is -0.119. The number of halogens is 3. The molecular formula is C24H20F3N5O2. The van der Waals surface area contributed by atoms with Crippen LogP contribution in [0.4, 0.5) is 19.0 Å². The van der Waals surface area contributed by atoms with Crippen molar-refractivity contribution in [3.05, 3.63) is 78.3 Å². The smallest absolute Gasteiger partial charge is 0.448 e. The molecule has 5 rings (SSSR count). The maximum atomic E-state index is 12.0. The average molecular weight is 467 g/mol. The number of H-pyrrole nitrogens is 1. The molecule has 1 aromatic carbocycles. The number of nitrogens with two attached hydrogens (primary N) is 1. The number of aliphatic hydroxyl groups excluding tert-OH is 1. The minimum Gasteiger partial charge on any atom is -0.505 e. The van der Waals surface area contributed by atoms with E-state index >= 15 is 0 Å². The number of pyridine rings is 2. The third-order valence-corrected chi connectivity index (χ3v) is 5.17. The monoisotopic (exact) mass is 467 g/mol. The molecule has 7 nitrogen and oxygen atoms in total. The SMILES string of the molecule is C=C(O)C(F)(F)F.Nc1cc(-c2cc3c([nH]2)CCNC3=O)cc(-c2cnc3ccccc3c2)n1. The van der Waals surface area contributed by atoms with Crippen molar-refractivity contribution in [2.45, 2.75) is 12.6 Å². The van der Waals surface area contributed by atoms with Crippen molar-refractivity contribution in [1.82, 2.24) is 20.3 Å². The van der Waals surface area contributed by atoms with Gasteiger partial charge in [0.15, 0.2) is 5.76 Å². The van der Waals surface area contributed by atoms with E-state index < -0.39 is 11.9 Å². The van der Waals surface area contributed by atoms with Gasteiger partial charge in [-0.15, -0.1) is 0 Å². The second kappa shape index (κ2) is 8.89. The zero-order valence-electron chi connectivity index (χ0n) is 17.8. The van der Waals surface area contributed by atoms with E-state index in [0.717, 1.165) is 45.5 Å². The molecule has 1 aliphatic heterocycles. The Kier molecular flexibility index (Phi) is 5.97. The van der Waals surface area contributed by atoms with Gasteiger partial charge in [-0.25, -0.2) is 4.98 Å². The lowest BCUT2D eigenvalue weighted by Crippen LogP contribution is -2.31. The molecule has 0 saturated carbocycles. The number of nitrogens with zero attached hydrogens (tertiary/aromatic N) is 2. The summed E-state index contributed by atoms with van der Waals surface area (Å²) in [7, 11) is 0. The minimum atomic E-state index is -4.64. The number of hydrogen-bond donors (Lipinski definition) is 4. The van der Waals surface area contributed by atoms with Crippen molar-refractivity contribution in [2.75, 3.05) is 12.3 Å². The molecular weight excluding hydrogens is 447 g/mol. The lowest BCUT2D eigenvalue weighted by atomic mass is 10.1. The quantitative estimate of drug-likeness (QED) is 0.317. The molecule has 0 bridgehead atoms. The van der Waals surface area contributed by atoms with Gasteiger partial charge in [-0.2, -0.15) is 13.2 Å². The number of aromatic nitrogens is 3. The number of aliphatic hydroxyl groups is 1. The van der Waals surface area contributed by atoms with Gasteiger partial charge < -0.3 is 21.1 Å². The van der Waals surface area contributed by atoms with Crippen LogP contribution in [0.1, 0.15) is 16.1 Å². The fourth-order valence-corrected chi connectivity index (χ4v) is 3.52. The maximum absolute atomic E-state index is 12.0. The molecule has 34 heavy (non-hydrogen) atoms. The van der Waals surface area contributed by atoms with E-state index in [0.29, 0.717) is 17.9 Å². The van der Waals surface area contributed by atoms with E-state index in [4.69, 9.17) is 10.8 Å². The number of fused-ring (bicyclic) bond motifs is 2. The van der Waals surface area contributed by atoms with Crippen molar-refractivity contribution in [2.24, 2.45) is 0 Å². The first-order chi connectivity index (χ1) is 16.1. The summed E-state index contributed by atoms with van der Waals surface area (Å²) in [5, 5.41) is 11.5. The third kappa shape index (κ3) is 4.85. The van der Waals surface area contributed by atoms with Gasteiger partial charge in [0.25, 0.3) is 5.91 Å². The number of rotatable bonds is 2. The minimum absolute atomic E-state index is 0.0419. The molecule has 3 aromatic heterocycles. The number of para-hydroxylation sites is 1. The van der Waals surface area contributed by atoms with Crippen molar-refractivity contribution in [1.29, 1.82) is 0 Å². The number of carbonyl (C=O) groups is 1. The molecule has 0 fully saturated rings. The predicted octanol–water partition coefficient (Wildman–Crippen LogP) is 4.78. The topological polar surface area (TPSA) is 117 Å². The van der Waals surface area contributed by atoms with Crippen LogP contribution >= 0.6 is 0 Å². The summed E-state index contributed by atoms with van der Waals surface area (Å²) in [4.78, 5) is 24.4. The molecule has 4 heterocycles. The van der Waals surface area contributed by atoms with Gasteiger partial charge in [-0.1, -0.05) is 24.8 Å². The Bertz CT molecular complexity index is 1400. The van der Waals surface area contributed by atoms with Gasteiger partial charge in [0.2, 0.25) is 0 Å². The van der Waals surface area contributed by atoms with Gasteiger partial charge >= 0.3 is 6.18 Å². The lowest BCUT2D eigenvalue weighted by Gasteiger charge is -2.11. The van der Waals surface area contributed by atoms with Crippen LogP contribution in [-0.2, 0) is 6.42 Å². The fraction of sp³-hybridized carbons (Fsp3) is 0.125. The third-order valence-electron chi connectivity index (χ3n) is 5.17. The molecule has 0 unspecified atom stereocenters. The second-order valence-electron chi connectivity index (χ2n) is 7.61. The highest BCUT2D eigenvalue weighted by atomic mass is 19.4. The van der Waals surface area contributed by atoms with Gasteiger partial charge in [0.05, 0.1) is 16.8 Å². The number of anilines is 1. The molecule has 4 aromatic rings. The number of amides is 1. The molecule has 0 spiro atoms. The van der Waals surface area contributed by atoms with Gasteiger partial charge in [0, 0.05) is 47.1 Å². The van der Waals surface area contributed by atoms with Crippen molar-refractivity contribution in [3.8, 4) is 22.5 Å². The van der Waals surface area contributed by atoms with Gasteiger partial charge in [-0.05, 0) is 30.3 Å². The Morgan fingerprint density at radius 1 is 1.12 bits per heavy atom. The molecule has 0 aliphatic carbocycles. The van der Waals surface area contributed by atoms with Crippen LogP contribution in [0, 0.1) is 0 Å². The van der Waals surface area contributed by atoms with E-state index in [2.05, 4.69) is 32.9 Å². The Hall–Kier alpha value is -4.34. The number of alkyl halides is 3. The highest BCUT2D eigenvalue weighted by Gasteiger charge is 2.31. The van der Waals surface area contributed by atoms with Crippen LogP contribution in [-0.4, -0.2) is 38.7 Å². The van der Waals surface area contributed by atoms with E-state index in [1.807, 2.05) is 42.5 Å². The Morgan fingerprint density at radius 3 is 2.56 bits per heavy atom. The van der Waals surface area contributed by atoms with Crippen molar-refractivity contribution in [3.63, 3.8) is 0 Å². The highest BCUT2D eigenvalue weighted by molar-refractivity contribution is 5.98. The fourth-order valence-electron chi connectivity index (χ4n) is 3.52. The molecule has 0 radical (unpaired) electrons. The summed E-state index contributed by atoms with van der Waals surface area (Å²) in [5.74, 6) is -1.38. The number of aromatic amines is 1. The molecule has 5 N–H and O–H groups in total. The second-order valence-corrected chi connectivity index (χ2v) is 7.61. The maximum Gasteiger partial charge on any atom is 0.448 e. The van der Waals surface area contributed by atoms with Crippen LogP contribution in [0.5, 0.6) is 0 Å². The Balaban J connectivity index is 0.000000344. The van der Waals surface area contributed by atoms with Crippen molar-refractivity contribution < 1.29 is 23.1 Å².